The van der Waals surface area contributed by atoms with Gasteiger partial charge in [-0.05, 0) is 30.0 Å². The van der Waals surface area contributed by atoms with Crippen LogP contribution in [0, 0.1) is 0 Å². The predicted octanol–water partition coefficient (Wildman–Crippen LogP) is 3.14. The molecule has 0 saturated heterocycles. The van der Waals surface area contributed by atoms with Crippen molar-refractivity contribution in [1.82, 2.24) is 9.97 Å². The highest BCUT2D eigenvalue weighted by atomic mass is 32.2. The number of amides is 1. The van der Waals surface area contributed by atoms with Crippen molar-refractivity contribution in [2.75, 3.05) is 11.6 Å². The van der Waals surface area contributed by atoms with Crippen LogP contribution in [0.4, 0.5) is 5.69 Å². The van der Waals surface area contributed by atoms with Crippen LogP contribution < -0.4 is 5.32 Å². The van der Waals surface area contributed by atoms with Crippen LogP contribution in [-0.2, 0) is 11.2 Å². The van der Waals surface area contributed by atoms with E-state index in [1.165, 1.54) is 0 Å². The lowest BCUT2D eigenvalue weighted by Crippen LogP contribution is -2.09. The van der Waals surface area contributed by atoms with E-state index < -0.39 is 0 Å². The van der Waals surface area contributed by atoms with Crippen LogP contribution in [0.1, 0.15) is 24.7 Å². The van der Waals surface area contributed by atoms with Gasteiger partial charge in [0.1, 0.15) is 5.82 Å². The second-order valence-corrected chi connectivity index (χ2v) is 5.12. The molecule has 0 fully saturated rings. The third kappa shape index (κ3) is 4.06. The molecule has 0 aliphatic heterocycles. The summed E-state index contributed by atoms with van der Waals surface area (Å²) in [5.41, 5.74) is 1.90. The Hall–Kier alpha value is -1.88. The van der Waals surface area contributed by atoms with Crippen LogP contribution in [0.25, 0.3) is 0 Å². The van der Waals surface area contributed by atoms with Gasteiger partial charge in [0.25, 0.3) is 0 Å². The maximum atomic E-state index is 11.4. The summed E-state index contributed by atoms with van der Waals surface area (Å²) in [6, 6.07) is 9.68. The van der Waals surface area contributed by atoms with E-state index in [0.717, 1.165) is 22.1 Å². The Labute approximate surface area is 123 Å². The summed E-state index contributed by atoms with van der Waals surface area (Å²) >= 11 is 1.60. The van der Waals surface area contributed by atoms with Crippen LogP contribution in [0.3, 0.4) is 0 Å². The second-order valence-electron chi connectivity index (χ2n) is 4.29. The number of thioether (sulfide) groups is 1. The number of benzene rings is 1. The van der Waals surface area contributed by atoms with Gasteiger partial charge in [-0.2, -0.15) is 0 Å². The molecule has 0 aliphatic carbocycles. The molecule has 0 atom stereocenters. The molecule has 0 radical (unpaired) electrons. The molecule has 0 unspecified atom stereocenters. The summed E-state index contributed by atoms with van der Waals surface area (Å²) in [6.07, 6.45) is 4.90. The number of hydrogen-bond donors (Lipinski definition) is 1. The van der Waals surface area contributed by atoms with E-state index in [4.69, 9.17) is 0 Å². The average molecular weight is 287 g/mol. The summed E-state index contributed by atoms with van der Waals surface area (Å²) in [5.74, 6) is 0.804. The number of nitrogens with zero attached hydrogens (tertiary/aromatic N) is 2. The molecule has 0 saturated carbocycles. The normalized spacial score (nSPS) is 10.3. The van der Waals surface area contributed by atoms with Gasteiger partial charge in [-0.15, -0.1) is 11.8 Å². The molecule has 20 heavy (non-hydrogen) atoms. The van der Waals surface area contributed by atoms with Crippen molar-refractivity contribution in [3.05, 3.63) is 47.9 Å². The van der Waals surface area contributed by atoms with Crippen molar-refractivity contribution in [3.63, 3.8) is 0 Å². The van der Waals surface area contributed by atoms with Crippen molar-refractivity contribution in [2.24, 2.45) is 0 Å². The van der Waals surface area contributed by atoms with Crippen molar-refractivity contribution < 1.29 is 4.79 Å². The van der Waals surface area contributed by atoms with Crippen molar-refractivity contribution in [3.8, 4) is 0 Å². The number of anilines is 1. The van der Waals surface area contributed by atoms with Crippen molar-refractivity contribution >= 4 is 23.4 Å². The Balaban J connectivity index is 2.12. The molecule has 1 N–H and O–H groups in total. The third-order valence-electron chi connectivity index (χ3n) is 2.78. The zero-order valence-electron chi connectivity index (χ0n) is 11.6. The predicted molar refractivity (Wildman–Crippen MR) is 82.0 cm³/mol. The molecule has 4 nitrogen and oxygen atoms in total. The maximum Gasteiger partial charge on any atom is 0.224 e. The van der Waals surface area contributed by atoms with E-state index in [0.29, 0.717) is 12.8 Å². The fraction of sp³-hybridized carbons (Fsp3) is 0.267. The zero-order chi connectivity index (χ0) is 14.4. The summed E-state index contributed by atoms with van der Waals surface area (Å²) in [5, 5.41) is 3.82. The smallest absolute Gasteiger partial charge is 0.224 e. The first-order valence-electron chi connectivity index (χ1n) is 6.46. The Bertz CT molecular complexity index is 601. The number of nitrogens with one attached hydrogen (secondary N) is 1. The molecule has 1 aromatic heterocycles. The van der Waals surface area contributed by atoms with Crippen molar-refractivity contribution in [1.29, 1.82) is 0 Å². The monoisotopic (exact) mass is 287 g/mol. The van der Waals surface area contributed by atoms with Crippen LogP contribution in [0.15, 0.2) is 41.6 Å². The summed E-state index contributed by atoms with van der Waals surface area (Å²) in [7, 11) is 0. The molecule has 1 heterocycles. The van der Waals surface area contributed by atoms with Crippen LogP contribution >= 0.6 is 11.8 Å². The average Bonchev–Trinajstić information content (AvgIpc) is 2.47. The number of carbonyl (C=O) groups excluding carboxylic acids is 1. The Morgan fingerprint density at radius 3 is 2.95 bits per heavy atom. The van der Waals surface area contributed by atoms with Gasteiger partial charge in [0, 0.05) is 24.7 Å². The van der Waals surface area contributed by atoms with Gasteiger partial charge in [0.2, 0.25) is 5.91 Å². The molecule has 5 heteroatoms. The summed E-state index contributed by atoms with van der Waals surface area (Å²) in [4.78, 5) is 20.1. The van der Waals surface area contributed by atoms with Gasteiger partial charge in [0.15, 0.2) is 0 Å². The molecule has 2 rings (SSSR count). The number of carbonyl (C=O) groups is 1. The fourth-order valence-corrected chi connectivity index (χ4v) is 2.16. The van der Waals surface area contributed by atoms with Crippen LogP contribution in [0.2, 0.25) is 0 Å². The van der Waals surface area contributed by atoms with E-state index >= 15 is 0 Å². The number of rotatable bonds is 5. The van der Waals surface area contributed by atoms with E-state index in [9.17, 15) is 4.79 Å². The second kappa shape index (κ2) is 7.05. The lowest BCUT2D eigenvalue weighted by atomic mass is 10.1. The Morgan fingerprint density at radius 1 is 1.35 bits per heavy atom. The number of aromatic nitrogens is 2. The van der Waals surface area contributed by atoms with E-state index in [1.807, 2.05) is 43.5 Å². The molecular formula is C15H17N3OS. The first-order chi connectivity index (χ1) is 9.71. The van der Waals surface area contributed by atoms with E-state index in [2.05, 4.69) is 15.3 Å². The van der Waals surface area contributed by atoms with Gasteiger partial charge in [-0.1, -0.05) is 19.1 Å². The van der Waals surface area contributed by atoms with Gasteiger partial charge in [-0.3, -0.25) is 4.79 Å². The van der Waals surface area contributed by atoms with Gasteiger partial charge >= 0.3 is 0 Å². The minimum absolute atomic E-state index is 0.0165. The first-order valence-corrected chi connectivity index (χ1v) is 7.68. The highest BCUT2D eigenvalue weighted by Gasteiger charge is 2.03. The van der Waals surface area contributed by atoms with Crippen LogP contribution in [0.5, 0.6) is 0 Å². The lowest BCUT2D eigenvalue weighted by molar-refractivity contribution is -0.115. The fourth-order valence-electron chi connectivity index (χ4n) is 1.77. The molecule has 2 aromatic rings. The van der Waals surface area contributed by atoms with E-state index in [1.54, 1.807) is 18.0 Å². The summed E-state index contributed by atoms with van der Waals surface area (Å²) in [6.45, 7) is 1.83. The van der Waals surface area contributed by atoms with Gasteiger partial charge in [-0.25, -0.2) is 9.97 Å². The molecule has 0 aliphatic rings. The largest absolute Gasteiger partial charge is 0.326 e. The zero-order valence-corrected chi connectivity index (χ0v) is 12.4. The molecule has 1 amide bonds. The lowest BCUT2D eigenvalue weighted by Gasteiger charge is -2.06. The quantitative estimate of drug-likeness (QED) is 0.678. The minimum Gasteiger partial charge on any atom is -0.326 e. The van der Waals surface area contributed by atoms with Crippen molar-refractivity contribution in [2.45, 2.75) is 24.8 Å². The standard InChI is InChI=1S/C15H17N3OS/c1-3-14(19)17-12-6-4-5-11(9-12)10-13-16-8-7-15(18-13)20-2/h4-9H,3,10H2,1-2H3,(H,17,19). The molecule has 104 valence electrons. The molecule has 0 bridgehead atoms. The Kier molecular flexibility index (Phi) is 5.12. The Morgan fingerprint density at radius 2 is 2.20 bits per heavy atom. The van der Waals surface area contributed by atoms with Gasteiger partial charge < -0.3 is 5.32 Å². The topological polar surface area (TPSA) is 54.9 Å². The van der Waals surface area contributed by atoms with Gasteiger partial charge in [0.05, 0.1) is 5.03 Å². The third-order valence-corrected chi connectivity index (χ3v) is 3.43. The molecule has 0 spiro atoms. The minimum atomic E-state index is 0.0165. The SMILES string of the molecule is CCC(=O)Nc1cccc(Cc2nccc(SC)n2)c1. The van der Waals surface area contributed by atoms with E-state index in [-0.39, 0.29) is 5.91 Å². The summed E-state index contributed by atoms with van der Waals surface area (Å²) < 4.78 is 0. The highest BCUT2D eigenvalue weighted by molar-refractivity contribution is 7.98. The number of hydrogen-bond acceptors (Lipinski definition) is 4. The van der Waals surface area contributed by atoms with Crippen LogP contribution in [-0.4, -0.2) is 22.1 Å². The molecular weight excluding hydrogens is 270 g/mol. The maximum absolute atomic E-state index is 11.4. The molecule has 1 aromatic carbocycles. The first kappa shape index (κ1) is 14.5. The highest BCUT2D eigenvalue weighted by Crippen LogP contribution is 2.15.